The maximum Gasteiger partial charge on any atom is 0.246 e. The van der Waals surface area contributed by atoms with E-state index in [0.717, 1.165) is 34.1 Å². The number of carbonyl (C=O) groups is 5. The Morgan fingerprint density at radius 3 is 2.33 bits per heavy atom. The van der Waals surface area contributed by atoms with Gasteiger partial charge in [0.2, 0.25) is 29.5 Å². The third-order valence-electron chi connectivity index (χ3n) is 8.01. The Kier molecular flexibility index (Phi) is 9.84. The average molecular weight is 589 g/mol. The summed E-state index contributed by atoms with van der Waals surface area (Å²) in [5, 5.41) is 9.31. The second kappa shape index (κ2) is 13.5. The zero-order valence-corrected chi connectivity index (χ0v) is 24.6. The fourth-order valence-electron chi connectivity index (χ4n) is 5.68. The number of H-pyrrole nitrogens is 1. The molecule has 0 bridgehead atoms. The van der Waals surface area contributed by atoms with Crippen molar-refractivity contribution in [1.82, 2.24) is 20.9 Å². The first kappa shape index (κ1) is 31.3. The molecule has 4 rings (SSSR count). The van der Waals surface area contributed by atoms with Gasteiger partial charge in [0.15, 0.2) is 0 Å². The molecule has 3 aromatic rings. The predicted octanol–water partition coefficient (Wildman–Crippen LogP) is 1.52. The summed E-state index contributed by atoms with van der Waals surface area (Å²) >= 11 is 0. The van der Waals surface area contributed by atoms with Gasteiger partial charge in [-0.15, -0.1) is 0 Å². The minimum absolute atomic E-state index is 0.228. The van der Waals surface area contributed by atoms with Gasteiger partial charge in [-0.3, -0.25) is 24.0 Å². The molecule has 0 saturated heterocycles. The number of primary amides is 2. The number of para-hydroxylation sites is 1. The molecule has 0 spiro atoms. The van der Waals surface area contributed by atoms with Crippen LogP contribution in [-0.2, 0) is 43.2 Å². The van der Waals surface area contributed by atoms with E-state index in [1.165, 1.54) is 0 Å². The molecule has 0 unspecified atom stereocenters. The van der Waals surface area contributed by atoms with E-state index in [2.05, 4.69) is 20.9 Å². The maximum atomic E-state index is 14.2. The summed E-state index contributed by atoms with van der Waals surface area (Å²) in [6.45, 7) is 3.48. The van der Waals surface area contributed by atoms with Crippen LogP contribution in [0.4, 0.5) is 0 Å². The molecular formula is C32H40N6O5. The highest BCUT2D eigenvalue weighted by molar-refractivity contribution is 5.98. The molecule has 1 heterocycles. The molecule has 2 aromatic carbocycles. The Balaban J connectivity index is 1.57. The van der Waals surface area contributed by atoms with E-state index in [9.17, 15) is 24.0 Å². The lowest BCUT2D eigenvalue weighted by atomic mass is 9.78. The summed E-state index contributed by atoms with van der Waals surface area (Å²) in [5.41, 5.74) is 13.3. The standard InChI is InChI=1S/C32H40N6O5/c1-19(2)28(30(42)36-25(29(34)41)17-26(33)39)37-31(43)32(38-27(40)14-8-11-20-9-4-3-5-10-20)16-15-24-22(18-32)21-12-6-7-13-23(21)35-24/h3-7,9-10,12-13,19,25,28,35H,8,11,14-18H2,1-2H3,(H2,33,39)(H2,34,41)(H,36,42)(H,37,43)(H,38,40)/t25-,28-,32+/m0/s1. The van der Waals surface area contributed by atoms with E-state index in [4.69, 9.17) is 11.5 Å². The number of aryl methyl sites for hydroxylation is 2. The Morgan fingerprint density at radius 2 is 1.65 bits per heavy atom. The molecule has 11 heteroatoms. The van der Waals surface area contributed by atoms with Crippen molar-refractivity contribution in [3.05, 3.63) is 71.4 Å². The molecule has 1 aliphatic rings. The molecule has 0 saturated carbocycles. The highest BCUT2D eigenvalue weighted by Gasteiger charge is 2.45. The van der Waals surface area contributed by atoms with Crippen molar-refractivity contribution >= 4 is 40.4 Å². The molecule has 1 aromatic heterocycles. The number of carbonyl (C=O) groups excluding carboxylic acids is 5. The molecule has 11 nitrogen and oxygen atoms in total. The van der Waals surface area contributed by atoms with Gasteiger partial charge in [-0.25, -0.2) is 0 Å². The molecule has 228 valence electrons. The van der Waals surface area contributed by atoms with Gasteiger partial charge in [-0.05, 0) is 48.8 Å². The SMILES string of the molecule is CC(C)[C@H](NC(=O)[C@@]1(NC(=O)CCCc2ccccc2)CCc2[nH]c3ccccc3c2C1)C(=O)N[C@@H](CC(N)=O)C(N)=O. The van der Waals surface area contributed by atoms with Crippen LogP contribution >= 0.6 is 0 Å². The second-order valence-corrected chi connectivity index (χ2v) is 11.6. The number of aromatic nitrogens is 1. The van der Waals surface area contributed by atoms with Crippen LogP contribution in [0, 0.1) is 5.92 Å². The lowest BCUT2D eigenvalue weighted by molar-refractivity contribution is -0.138. The van der Waals surface area contributed by atoms with Crippen molar-refractivity contribution in [1.29, 1.82) is 0 Å². The van der Waals surface area contributed by atoms with E-state index in [1.54, 1.807) is 13.8 Å². The third kappa shape index (κ3) is 7.59. The zero-order valence-electron chi connectivity index (χ0n) is 24.6. The van der Waals surface area contributed by atoms with Gasteiger partial charge in [0, 0.05) is 29.4 Å². The Morgan fingerprint density at radius 1 is 0.953 bits per heavy atom. The fraction of sp³-hybridized carbons (Fsp3) is 0.406. The first-order chi connectivity index (χ1) is 20.5. The van der Waals surface area contributed by atoms with Gasteiger partial charge < -0.3 is 32.4 Å². The van der Waals surface area contributed by atoms with Gasteiger partial charge in [0.05, 0.1) is 6.42 Å². The summed E-state index contributed by atoms with van der Waals surface area (Å²) in [4.78, 5) is 67.4. The number of hydrogen-bond acceptors (Lipinski definition) is 5. The van der Waals surface area contributed by atoms with Crippen molar-refractivity contribution in [3.63, 3.8) is 0 Å². The molecular weight excluding hydrogens is 548 g/mol. The van der Waals surface area contributed by atoms with E-state index < -0.39 is 53.6 Å². The summed E-state index contributed by atoms with van der Waals surface area (Å²) in [7, 11) is 0. The monoisotopic (exact) mass is 588 g/mol. The average Bonchev–Trinajstić information content (AvgIpc) is 3.33. The molecule has 8 N–H and O–H groups in total. The molecule has 0 aliphatic heterocycles. The minimum atomic E-state index is -1.31. The molecule has 5 amide bonds. The predicted molar refractivity (Wildman–Crippen MR) is 162 cm³/mol. The lowest BCUT2D eigenvalue weighted by Gasteiger charge is -2.38. The second-order valence-electron chi connectivity index (χ2n) is 11.6. The largest absolute Gasteiger partial charge is 0.370 e. The van der Waals surface area contributed by atoms with Crippen LogP contribution in [-0.4, -0.2) is 52.1 Å². The van der Waals surface area contributed by atoms with Gasteiger partial charge in [-0.1, -0.05) is 62.4 Å². The van der Waals surface area contributed by atoms with Gasteiger partial charge >= 0.3 is 0 Å². The quantitative estimate of drug-likeness (QED) is 0.176. The topological polar surface area (TPSA) is 189 Å². The summed E-state index contributed by atoms with van der Waals surface area (Å²) in [6, 6.07) is 15.3. The summed E-state index contributed by atoms with van der Waals surface area (Å²) in [6.07, 6.45) is 2.17. The van der Waals surface area contributed by atoms with E-state index in [0.29, 0.717) is 19.3 Å². The van der Waals surface area contributed by atoms with Crippen molar-refractivity contribution in [3.8, 4) is 0 Å². The Bertz CT molecular complexity index is 1500. The number of aromatic amines is 1. The Hall–Kier alpha value is -4.67. The zero-order chi connectivity index (χ0) is 31.1. The molecule has 1 aliphatic carbocycles. The number of rotatable bonds is 13. The van der Waals surface area contributed by atoms with Crippen LogP contribution in [0.5, 0.6) is 0 Å². The van der Waals surface area contributed by atoms with Gasteiger partial charge in [0.1, 0.15) is 17.6 Å². The van der Waals surface area contributed by atoms with Gasteiger partial charge in [0.25, 0.3) is 0 Å². The van der Waals surface area contributed by atoms with E-state index in [1.807, 2.05) is 54.6 Å². The van der Waals surface area contributed by atoms with Gasteiger partial charge in [-0.2, -0.15) is 0 Å². The number of nitrogens with two attached hydrogens (primary N) is 2. The molecule has 0 fully saturated rings. The number of benzene rings is 2. The number of hydrogen-bond donors (Lipinski definition) is 6. The first-order valence-corrected chi connectivity index (χ1v) is 14.6. The Labute approximate surface area is 250 Å². The van der Waals surface area contributed by atoms with Crippen molar-refractivity contribution in [2.45, 2.75) is 76.4 Å². The van der Waals surface area contributed by atoms with Crippen molar-refractivity contribution in [2.24, 2.45) is 17.4 Å². The molecule has 43 heavy (non-hydrogen) atoms. The smallest absolute Gasteiger partial charge is 0.246 e. The van der Waals surface area contributed by atoms with Crippen molar-refractivity contribution < 1.29 is 24.0 Å². The van der Waals surface area contributed by atoms with Crippen LogP contribution in [0.2, 0.25) is 0 Å². The van der Waals surface area contributed by atoms with Crippen LogP contribution in [0.25, 0.3) is 10.9 Å². The highest BCUT2D eigenvalue weighted by Crippen LogP contribution is 2.34. The first-order valence-electron chi connectivity index (χ1n) is 14.6. The number of fused-ring (bicyclic) bond motifs is 3. The summed E-state index contributed by atoms with van der Waals surface area (Å²) < 4.78 is 0. The lowest BCUT2D eigenvalue weighted by Crippen LogP contribution is -2.65. The highest BCUT2D eigenvalue weighted by atomic mass is 16.2. The molecule has 0 radical (unpaired) electrons. The van der Waals surface area contributed by atoms with E-state index in [-0.39, 0.29) is 18.7 Å². The van der Waals surface area contributed by atoms with E-state index >= 15 is 0 Å². The fourth-order valence-corrected chi connectivity index (χ4v) is 5.68. The van der Waals surface area contributed by atoms with Crippen LogP contribution in [0.15, 0.2) is 54.6 Å². The third-order valence-corrected chi connectivity index (χ3v) is 8.01. The van der Waals surface area contributed by atoms with Crippen LogP contribution in [0.1, 0.15) is 56.4 Å². The minimum Gasteiger partial charge on any atom is -0.370 e. The molecule has 3 atom stereocenters. The normalized spacial score (nSPS) is 17.5. The number of amides is 5. The summed E-state index contributed by atoms with van der Waals surface area (Å²) in [5.74, 6) is -3.55. The van der Waals surface area contributed by atoms with Crippen LogP contribution in [0.3, 0.4) is 0 Å². The maximum absolute atomic E-state index is 14.2. The number of nitrogens with one attached hydrogen (secondary N) is 4. The van der Waals surface area contributed by atoms with Crippen LogP contribution < -0.4 is 27.4 Å². The van der Waals surface area contributed by atoms with Crippen molar-refractivity contribution in [2.75, 3.05) is 0 Å².